The van der Waals surface area contributed by atoms with Crippen LogP contribution in [0.15, 0.2) is 59.8 Å². The Balaban J connectivity index is 0.807. The van der Waals surface area contributed by atoms with Crippen molar-refractivity contribution in [2.24, 2.45) is 7.05 Å². The largest absolute Gasteiger partial charge is 0.496 e. The van der Waals surface area contributed by atoms with Gasteiger partial charge in [0.1, 0.15) is 17.5 Å². The molecule has 3 N–H and O–H groups in total. The van der Waals surface area contributed by atoms with E-state index in [1.54, 1.807) is 68.4 Å². The third-order valence-corrected chi connectivity index (χ3v) is 11.4. The molecule has 2 fully saturated rings. The Labute approximate surface area is 323 Å². The molecule has 1 atom stereocenters. The lowest BCUT2D eigenvalue weighted by Gasteiger charge is -2.39. The van der Waals surface area contributed by atoms with Crippen LogP contribution in [0.2, 0.25) is 0 Å². The average Bonchev–Trinajstić information content (AvgIpc) is 3.42. The van der Waals surface area contributed by atoms with E-state index in [1.807, 2.05) is 24.4 Å². The second-order valence-corrected chi connectivity index (χ2v) is 15.3. The average molecular weight is 768 g/mol. The van der Waals surface area contributed by atoms with E-state index < -0.39 is 29.7 Å². The minimum absolute atomic E-state index is 0.0919. The number of imide groups is 2. The first-order valence-electron chi connectivity index (χ1n) is 18.6. The van der Waals surface area contributed by atoms with Crippen LogP contribution in [0.1, 0.15) is 64.8 Å². The number of methoxy groups -OCH3 is 2. The van der Waals surface area contributed by atoms with Gasteiger partial charge in [0.05, 0.1) is 36.3 Å². The van der Waals surface area contributed by atoms with Gasteiger partial charge in [-0.05, 0) is 66.6 Å². The zero-order valence-electron chi connectivity index (χ0n) is 31.2. The van der Waals surface area contributed by atoms with Gasteiger partial charge in [-0.25, -0.2) is 0 Å². The number of hydrogen-bond acceptors (Lipinski definition) is 12. The van der Waals surface area contributed by atoms with Crippen LogP contribution in [0.5, 0.6) is 11.5 Å². The van der Waals surface area contributed by atoms with Gasteiger partial charge in [-0.1, -0.05) is 24.8 Å². The first-order chi connectivity index (χ1) is 26.7. The number of aromatic nitrogens is 2. The summed E-state index contributed by atoms with van der Waals surface area (Å²) in [5, 5.41) is 7.46. The lowest BCUT2D eigenvalue weighted by Crippen LogP contribution is -2.54. The van der Waals surface area contributed by atoms with Gasteiger partial charge in [-0.15, -0.1) is 0 Å². The lowest BCUT2D eigenvalue weighted by atomic mass is 9.98. The van der Waals surface area contributed by atoms with Crippen molar-refractivity contribution in [3.63, 3.8) is 0 Å². The fraction of sp³-hybridized carbons (Fsp3) is 0.400. The van der Waals surface area contributed by atoms with E-state index in [0.29, 0.717) is 17.2 Å². The number of ether oxygens (including phenoxy) is 2. The van der Waals surface area contributed by atoms with Crippen molar-refractivity contribution in [1.29, 1.82) is 0 Å². The van der Waals surface area contributed by atoms with E-state index in [1.165, 1.54) is 0 Å². The maximum atomic E-state index is 13.1. The molecule has 2 saturated heterocycles. The van der Waals surface area contributed by atoms with Crippen molar-refractivity contribution in [3.8, 4) is 22.6 Å². The Morgan fingerprint density at radius 2 is 1.60 bits per heavy atom. The number of amides is 4. The molecule has 14 nitrogen and oxygen atoms in total. The van der Waals surface area contributed by atoms with Gasteiger partial charge in [-0.2, -0.15) is 0 Å². The normalized spacial score (nSPS) is 17.4. The molecule has 2 aromatic heterocycles. The van der Waals surface area contributed by atoms with E-state index >= 15 is 0 Å². The van der Waals surface area contributed by atoms with Gasteiger partial charge in [0.25, 0.3) is 17.4 Å². The summed E-state index contributed by atoms with van der Waals surface area (Å²) in [7, 11) is 5.08. The number of anilines is 1. The highest BCUT2D eigenvalue weighted by molar-refractivity contribution is 7.98. The summed E-state index contributed by atoms with van der Waals surface area (Å²) >= 11 is 1.79. The smallest absolute Gasteiger partial charge is 0.262 e. The summed E-state index contributed by atoms with van der Waals surface area (Å²) in [6.45, 7) is 4.27. The zero-order chi connectivity index (χ0) is 38.6. The van der Waals surface area contributed by atoms with Crippen molar-refractivity contribution < 1.29 is 28.7 Å². The summed E-state index contributed by atoms with van der Waals surface area (Å²) in [5.74, 6) is -0.527. The molecule has 7 rings (SSSR count). The Bertz CT molecular complexity index is 2180. The molecule has 4 amide bonds. The predicted octanol–water partition coefficient (Wildman–Crippen LogP) is 4.11. The third kappa shape index (κ3) is 7.95. The van der Waals surface area contributed by atoms with Crippen molar-refractivity contribution in [2.75, 3.05) is 45.7 Å². The van der Waals surface area contributed by atoms with Gasteiger partial charge in [-0.3, -0.25) is 48.8 Å². The van der Waals surface area contributed by atoms with Crippen molar-refractivity contribution >= 4 is 52.0 Å². The molecule has 1 unspecified atom stereocenters. The zero-order valence-corrected chi connectivity index (χ0v) is 32.0. The summed E-state index contributed by atoms with van der Waals surface area (Å²) in [4.78, 5) is 70.0. The first-order valence-corrected chi connectivity index (χ1v) is 19.4. The topological polar surface area (TPSA) is 164 Å². The highest BCUT2D eigenvalue weighted by Gasteiger charge is 2.44. The molecule has 5 heterocycles. The highest BCUT2D eigenvalue weighted by atomic mass is 32.2. The molecule has 55 heavy (non-hydrogen) atoms. The number of pyridine rings is 2. The number of unbranched alkanes of at least 4 members (excludes halogenated alkanes) is 3. The number of nitrogens with zero attached hydrogens (tertiary/aromatic N) is 4. The SMILES string of the molecule is COc1cc(-c2cn(C)c(=O)c3cnccc23)cc(OC)c1CN1CC(SNCCCCCCNc2ccc3c(c2)C(=O)N(C2CCC(=O)NC2=O)C3=O)C1. The van der Waals surface area contributed by atoms with E-state index in [4.69, 9.17) is 9.47 Å². The molecular weight excluding hydrogens is 723 g/mol. The van der Waals surface area contributed by atoms with E-state index in [2.05, 4.69) is 25.2 Å². The second kappa shape index (κ2) is 16.6. The van der Waals surface area contributed by atoms with Crippen molar-refractivity contribution in [3.05, 3.63) is 82.0 Å². The summed E-state index contributed by atoms with van der Waals surface area (Å²) in [6, 6.07) is 9.99. The summed E-state index contributed by atoms with van der Waals surface area (Å²) in [6.07, 6.45) is 9.55. The van der Waals surface area contributed by atoms with Crippen LogP contribution in [0.25, 0.3) is 21.9 Å². The van der Waals surface area contributed by atoms with Crippen LogP contribution in [0, 0.1) is 0 Å². The van der Waals surface area contributed by atoms with Crippen LogP contribution in [0.3, 0.4) is 0 Å². The van der Waals surface area contributed by atoms with Crippen molar-refractivity contribution in [1.82, 2.24) is 29.4 Å². The molecule has 0 spiro atoms. The maximum Gasteiger partial charge on any atom is 0.262 e. The molecule has 3 aliphatic heterocycles. The number of likely N-dealkylation sites (tertiary alicyclic amines) is 1. The van der Waals surface area contributed by atoms with Gasteiger partial charge < -0.3 is 19.4 Å². The Morgan fingerprint density at radius 3 is 2.33 bits per heavy atom. The van der Waals surface area contributed by atoms with Gasteiger partial charge in [0, 0.05) is 81.3 Å². The Kier molecular flexibility index (Phi) is 11.5. The molecule has 0 radical (unpaired) electrons. The summed E-state index contributed by atoms with van der Waals surface area (Å²) in [5.41, 5.74) is 4.01. The van der Waals surface area contributed by atoms with Crippen molar-refractivity contribution in [2.45, 2.75) is 56.4 Å². The number of nitrogens with one attached hydrogen (secondary N) is 3. The second-order valence-electron chi connectivity index (χ2n) is 14.1. The molecule has 2 aromatic carbocycles. The fourth-order valence-electron chi connectivity index (χ4n) is 7.45. The number of carbonyl (C=O) groups excluding carboxylic acids is 4. The Morgan fingerprint density at radius 1 is 0.873 bits per heavy atom. The number of rotatable bonds is 16. The lowest BCUT2D eigenvalue weighted by molar-refractivity contribution is -0.136. The van der Waals surface area contributed by atoms with Gasteiger partial charge >= 0.3 is 0 Å². The standard InChI is InChI=1S/C40H45N7O7S/c1-45-22-31(27-12-15-41-19-30(27)38(45)50)24-16-34(53-2)32(35(17-24)54-3)23-46-20-26(21-46)55-43-14-7-5-4-6-13-42-25-8-9-28-29(18-25)40(52)47(39(28)51)33-10-11-36(48)44-37(33)49/h8-9,12,15-19,22,26,33,42-43H,4-7,10-11,13-14,20-21,23H2,1-3H3,(H,44,48,49). The van der Waals surface area contributed by atoms with Gasteiger partial charge in [0.2, 0.25) is 11.8 Å². The number of carbonyl (C=O) groups is 4. The maximum absolute atomic E-state index is 13.1. The first kappa shape index (κ1) is 38.0. The molecule has 4 aromatic rings. The van der Waals surface area contributed by atoms with Crippen LogP contribution in [-0.2, 0) is 23.2 Å². The number of benzene rings is 2. The molecular formula is C40H45N7O7S. The number of fused-ring (bicyclic) bond motifs is 2. The summed E-state index contributed by atoms with van der Waals surface area (Å²) < 4.78 is 16.8. The van der Waals surface area contributed by atoms with Gasteiger partial charge in [0.15, 0.2) is 0 Å². The number of aryl methyl sites for hydroxylation is 1. The van der Waals surface area contributed by atoms with E-state index in [-0.39, 0.29) is 29.5 Å². The van der Waals surface area contributed by atoms with E-state index in [0.717, 1.165) is 96.0 Å². The number of piperidine rings is 1. The Hall–Kier alpha value is -5.25. The molecule has 15 heteroatoms. The molecule has 0 aliphatic carbocycles. The van der Waals surface area contributed by atoms with E-state index in [9.17, 15) is 24.0 Å². The molecule has 0 saturated carbocycles. The minimum atomic E-state index is -0.969. The number of hydrogen-bond donors (Lipinski definition) is 3. The fourth-order valence-corrected chi connectivity index (χ4v) is 8.52. The van der Waals surface area contributed by atoms with Crippen LogP contribution in [-0.4, -0.2) is 94.7 Å². The van der Waals surface area contributed by atoms with Crippen LogP contribution < -0.4 is 30.4 Å². The van der Waals surface area contributed by atoms with Crippen LogP contribution >= 0.6 is 11.9 Å². The monoisotopic (exact) mass is 767 g/mol. The third-order valence-electron chi connectivity index (χ3n) is 10.4. The minimum Gasteiger partial charge on any atom is -0.496 e. The molecule has 0 bridgehead atoms. The van der Waals surface area contributed by atoms with Crippen LogP contribution in [0.4, 0.5) is 5.69 Å². The quantitative estimate of drug-likeness (QED) is 0.0851. The molecule has 3 aliphatic rings. The predicted molar refractivity (Wildman–Crippen MR) is 210 cm³/mol. The molecule has 288 valence electrons. The highest BCUT2D eigenvalue weighted by Crippen LogP contribution is 2.39.